The maximum absolute atomic E-state index is 9.26. The molecule has 2 nitrogen and oxygen atoms in total. The van der Waals surface area contributed by atoms with Crippen LogP contribution in [0.4, 0.5) is 0 Å². The van der Waals surface area contributed by atoms with Gasteiger partial charge in [0.1, 0.15) is 5.75 Å². The molecular formula is C12H18INO. The minimum Gasteiger partial charge on any atom is -0.508 e. The molecule has 0 saturated carbocycles. The molecule has 1 aromatic rings. The monoisotopic (exact) mass is 319 g/mol. The third-order valence-electron chi connectivity index (χ3n) is 2.23. The molecule has 1 rings (SSSR count). The van der Waals surface area contributed by atoms with Crippen molar-refractivity contribution >= 4 is 22.6 Å². The van der Waals surface area contributed by atoms with Crippen molar-refractivity contribution in [3.63, 3.8) is 0 Å². The van der Waals surface area contributed by atoms with Gasteiger partial charge in [-0.25, -0.2) is 0 Å². The summed E-state index contributed by atoms with van der Waals surface area (Å²) in [6.07, 6.45) is 3.85. The zero-order chi connectivity index (χ0) is 10.9. The Bertz CT molecular complexity index is 278. The van der Waals surface area contributed by atoms with E-state index in [1.807, 2.05) is 12.1 Å². The van der Waals surface area contributed by atoms with Crippen LogP contribution in [-0.2, 0) is 6.54 Å². The summed E-state index contributed by atoms with van der Waals surface area (Å²) < 4.78 is 1.25. The summed E-state index contributed by atoms with van der Waals surface area (Å²) >= 11 is 2.41. The number of alkyl halides is 1. The summed E-state index contributed by atoms with van der Waals surface area (Å²) in [5.41, 5.74) is 1.14. The molecule has 2 N–H and O–H groups in total. The number of unbranched alkanes of at least 4 members (excludes halogenated alkanes) is 2. The Kier molecular flexibility index (Phi) is 6.76. The summed E-state index contributed by atoms with van der Waals surface area (Å²) in [7, 11) is 0. The van der Waals surface area contributed by atoms with Gasteiger partial charge in [0.2, 0.25) is 0 Å². The first-order valence-corrected chi connectivity index (χ1v) is 6.90. The molecule has 0 unspecified atom stereocenters. The Morgan fingerprint density at radius 3 is 2.80 bits per heavy atom. The molecule has 1 aromatic carbocycles. The van der Waals surface area contributed by atoms with Gasteiger partial charge in [-0.2, -0.15) is 0 Å². The van der Waals surface area contributed by atoms with Crippen LogP contribution in [0.15, 0.2) is 24.3 Å². The molecule has 0 fully saturated rings. The average Bonchev–Trinajstić information content (AvgIpc) is 2.23. The van der Waals surface area contributed by atoms with E-state index in [9.17, 15) is 5.11 Å². The van der Waals surface area contributed by atoms with Crippen LogP contribution < -0.4 is 5.32 Å². The number of phenols is 1. The van der Waals surface area contributed by atoms with Gasteiger partial charge in [0.25, 0.3) is 0 Å². The standard InChI is InChI=1S/C12H18INO/c13-7-2-1-3-8-14-10-11-5-4-6-12(15)9-11/h4-6,9,14-15H,1-3,7-8,10H2. The van der Waals surface area contributed by atoms with E-state index in [4.69, 9.17) is 0 Å². The van der Waals surface area contributed by atoms with Crippen LogP contribution in [0, 0.1) is 0 Å². The van der Waals surface area contributed by atoms with Crippen LogP contribution >= 0.6 is 22.6 Å². The molecular weight excluding hydrogens is 301 g/mol. The smallest absolute Gasteiger partial charge is 0.115 e. The summed E-state index contributed by atoms with van der Waals surface area (Å²) in [5.74, 6) is 0.346. The molecule has 0 spiro atoms. The number of phenolic OH excluding ortho intramolecular Hbond substituents is 1. The van der Waals surface area contributed by atoms with Crippen molar-refractivity contribution in [2.45, 2.75) is 25.8 Å². The van der Waals surface area contributed by atoms with Crippen LogP contribution in [0.1, 0.15) is 24.8 Å². The fraction of sp³-hybridized carbons (Fsp3) is 0.500. The molecule has 0 saturated heterocycles. The number of nitrogens with one attached hydrogen (secondary N) is 1. The molecule has 0 atom stereocenters. The van der Waals surface area contributed by atoms with E-state index in [1.54, 1.807) is 12.1 Å². The average molecular weight is 319 g/mol. The van der Waals surface area contributed by atoms with Crippen LogP contribution in [0.25, 0.3) is 0 Å². The molecule has 84 valence electrons. The van der Waals surface area contributed by atoms with E-state index in [2.05, 4.69) is 27.9 Å². The Hall–Kier alpha value is -0.290. The molecule has 0 aliphatic heterocycles. The Morgan fingerprint density at radius 2 is 2.07 bits per heavy atom. The van der Waals surface area contributed by atoms with Gasteiger partial charge in [0, 0.05) is 6.54 Å². The van der Waals surface area contributed by atoms with Crippen molar-refractivity contribution in [3.05, 3.63) is 29.8 Å². The fourth-order valence-corrected chi connectivity index (χ4v) is 1.96. The topological polar surface area (TPSA) is 32.3 Å². The zero-order valence-electron chi connectivity index (χ0n) is 8.88. The zero-order valence-corrected chi connectivity index (χ0v) is 11.0. The lowest BCUT2D eigenvalue weighted by Gasteiger charge is -2.04. The second-order valence-corrected chi connectivity index (χ2v) is 4.68. The lowest BCUT2D eigenvalue weighted by Crippen LogP contribution is -2.14. The van der Waals surface area contributed by atoms with Crippen LogP contribution in [0.3, 0.4) is 0 Å². The molecule has 0 bridgehead atoms. The molecule has 0 heterocycles. The van der Waals surface area contributed by atoms with Gasteiger partial charge in [-0.3, -0.25) is 0 Å². The number of hydrogen-bond donors (Lipinski definition) is 2. The normalized spacial score (nSPS) is 10.5. The number of hydrogen-bond acceptors (Lipinski definition) is 2. The lowest BCUT2D eigenvalue weighted by atomic mass is 10.2. The largest absolute Gasteiger partial charge is 0.508 e. The quantitative estimate of drug-likeness (QED) is 0.460. The summed E-state index contributed by atoms with van der Waals surface area (Å²) in [6.45, 7) is 1.91. The van der Waals surface area contributed by atoms with E-state index in [-0.39, 0.29) is 0 Å². The van der Waals surface area contributed by atoms with Gasteiger partial charge in [-0.15, -0.1) is 0 Å². The second-order valence-electron chi connectivity index (χ2n) is 3.60. The van der Waals surface area contributed by atoms with Crippen molar-refractivity contribution in [1.82, 2.24) is 5.32 Å². The van der Waals surface area contributed by atoms with Crippen LogP contribution in [-0.4, -0.2) is 16.1 Å². The number of halogens is 1. The van der Waals surface area contributed by atoms with Crippen LogP contribution in [0.5, 0.6) is 5.75 Å². The highest BCUT2D eigenvalue weighted by atomic mass is 127. The first-order chi connectivity index (χ1) is 7.33. The Labute approximate surface area is 105 Å². The Morgan fingerprint density at radius 1 is 1.20 bits per heavy atom. The molecule has 3 heteroatoms. The molecule has 0 aliphatic rings. The minimum atomic E-state index is 0.346. The van der Waals surface area contributed by atoms with Gasteiger partial charge >= 0.3 is 0 Å². The van der Waals surface area contributed by atoms with Crippen molar-refractivity contribution in [1.29, 1.82) is 0 Å². The molecule has 0 amide bonds. The van der Waals surface area contributed by atoms with E-state index in [0.29, 0.717) is 5.75 Å². The minimum absolute atomic E-state index is 0.346. The van der Waals surface area contributed by atoms with E-state index < -0.39 is 0 Å². The predicted octanol–water partition coefficient (Wildman–Crippen LogP) is 3.09. The number of aromatic hydroxyl groups is 1. The molecule has 15 heavy (non-hydrogen) atoms. The maximum atomic E-state index is 9.26. The Balaban J connectivity index is 2.10. The van der Waals surface area contributed by atoms with Crippen molar-refractivity contribution < 1.29 is 5.11 Å². The third kappa shape index (κ3) is 5.99. The van der Waals surface area contributed by atoms with Gasteiger partial charge in [-0.05, 0) is 41.5 Å². The molecule has 0 aromatic heterocycles. The SMILES string of the molecule is Oc1cccc(CNCCCCCI)c1. The van der Waals surface area contributed by atoms with E-state index in [0.717, 1.165) is 18.7 Å². The maximum Gasteiger partial charge on any atom is 0.115 e. The van der Waals surface area contributed by atoms with E-state index in [1.165, 1.54) is 23.7 Å². The second kappa shape index (κ2) is 7.93. The highest BCUT2D eigenvalue weighted by Crippen LogP contribution is 2.10. The third-order valence-corrected chi connectivity index (χ3v) is 2.99. The predicted molar refractivity (Wildman–Crippen MR) is 72.6 cm³/mol. The van der Waals surface area contributed by atoms with Crippen molar-refractivity contribution in [2.75, 3.05) is 11.0 Å². The lowest BCUT2D eigenvalue weighted by molar-refractivity contribution is 0.474. The summed E-state index contributed by atoms with van der Waals surface area (Å²) in [4.78, 5) is 0. The van der Waals surface area contributed by atoms with Gasteiger partial charge in [-0.1, -0.05) is 41.1 Å². The molecule has 0 aliphatic carbocycles. The van der Waals surface area contributed by atoms with Crippen molar-refractivity contribution in [2.24, 2.45) is 0 Å². The fourth-order valence-electron chi connectivity index (χ4n) is 1.42. The number of benzene rings is 1. The number of rotatable bonds is 7. The van der Waals surface area contributed by atoms with Crippen LogP contribution in [0.2, 0.25) is 0 Å². The first-order valence-electron chi connectivity index (χ1n) is 5.37. The highest BCUT2D eigenvalue weighted by Gasteiger charge is 1.94. The van der Waals surface area contributed by atoms with E-state index >= 15 is 0 Å². The molecule has 0 radical (unpaired) electrons. The van der Waals surface area contributed by atoms with Gasteiger partial charge < -0.3 is 10.4 Å². The van der Waals surface area contributed by atoms with Gasteiger partial charge in [0.05, 0.1) is 0 Å². The van der Waals surface area contributed by atoms with Gasteiger partial charge in [0.15, 0.2) is 0 Å². The highest BCUT2D eigenvalue weighted by molar-refractivity contribution is 14.1. The first kappa shape index (κ1) is 12.8. The summed E-state index contributed by atoms with van der Waals surface area (Å²) in [6, 6.07) is 7.40. The van der Waals surface area contributed by atoms with Crippen molar-refractivity contribution in [3.8, 4) is 5.75 Å². The summed E-state index contributed by atoms with van der Waals surface area (Å²) in [5, 5.41) is 12.6.